The number of aryl methyl sites for hydroxylation is 1. The van der Waals surface area contributed by atoms with E-state index in [4.69, 9.17) is 4.74 Å². The van der Waals surface area contributed by atoms with Crippen LogP contribution in [0.3, 0.4) is 0 Å². The van der Waals surface area contributed by atoms with Crippen LogP contribution in [0.4, 0.5) is 0 Å². The number of hydrogen-bond acceptors (Lipinski definition) is 4. The fourth-order valence-electron chi connectivity index (χ4n) is 4.75. The molecule has 3 N–H and O–H groups in total. The summed E-state index contributed by atoms with van der Waals surface area (Å²) in [4.78, 5) is 12.8. The number of carbonyl (C=O) groups is 1. The summed E-state index contributed by atoms with van der Waals surface area (Å²) in [6.07, 6.45) is 1.66. The molecule has 1 saturated heterocycles. The quantitative estimate of drug-likeness (QED) is 0.428. The smallest absolute Gasteiger partial charge is 0.237 e. The van der Waals surface area contributed by atoms with Crippen LogP contribution in [0, 0.1) is 12.8 Å². The first kappa shape index (κ1) is 24.0. The molecule has 3 aromatic carbocycles. The van der Waals surface area contributed by atoms with E-state index >= 15 is 0 Å². The van der Waals surface area contributed by atoms with Crippen molar-refractivity contribution in [1.82, 2.24) is 16.0 Å². The number of benzene rings is 3. The SMILES string of the molecule is COc1ccc(CNC(c2ccccc2C)[C@@H]2CN[C@H](C(=O)NCCc3ccccc3)C2)cc1. The maximum atomic E-state index is 12.8. The van der Waals surface area contributed by atoms with Gasteiger partial charge in [-0.25, -0.2) is 0 Å². The standard InChI is InChI=1S/C29H35N3O2/c1-21-8-6-7-11-26(21)28(32-19-23-12-14-25(34-2)15-13-23)24-18-27(31-20-24)29(33)30-17-16-22-9-4-3-5-10-22/h3-15,24,27-28,31-32H,16-20H2,1-2H3,(H,30,33)/t24-,27-,28?/m0/s1. The lowest BCUT2D eigenvalue weighted by atomic mass is 9.88. The predicted molar refractivity (Wildman–Crippen MR) is 137 cm³/mol. The number of carbonyl (C=O) groups excluding carboxylic acids is 1. The highest BCUT2D eigenvalue weighted by molar-refractivity contribution is 5.82. The zero-order valence-electron chi connectivity index (χ0n) is 20.1. The van der Waals surface area contributed by atoms with Gasteiger partial charge in [0, 0.05) is 25.7 Å². The van der Waals surface area contributed by atoms with Gasteiger partial charge in [0.25, 0.3) is 0 Å². The van der Waals surface area contributed by atoms with Gasteiger partial charge in [-0.1, -0.05) is 66.7 Å². The molecule has 1 unspecified atom stereocenters. The number of nitrogens with one attached hydrogen (secondary N) is 3. The molecule has 5 heteroatoms. The largest absolute Gasteiger partial charge is 0.497 e. The lowest BCUT2D eigenvalue weighted by molar-refractivity contribution is -0.122. The van der Waals surface area contributed by atoms with E-state index < -0.39 is 0 Å². The van der Waals surface area contributed by atoms with Crippen LogP contribution in [0.5, 0.6) is 5.75 Å². The van der Waals surface area contributed by atoms with Crippen molar-refractivity contribution in [3.63, 3.8) is 0 Å². The second-order valence-corrected chi connectivity index (χ2v) is 9.05. The Morgan fingerprint density at radius 2 is 1.74 bits per heavy atom. The first-order valence-corrected chi connectivity index (χ1v) is 12.1. The highest BCUT2D eigenvalue weighted by atomic mass is 16.5. The number of amides is 1. The van der Waals surface area contributed by atoms with Gasteiger partial charge >= 0.3 is 0 Å². The third kappa shape index (κ3) is 6.25. The van der Waals surface area contributed by atoms with E-state index in [9.17, 15) is 4.79 Å². The van der Waals surface area contributed by atoms with Crippen LogP contribution in [0.2, 0.25) is 0 Å². The van der Waals surface area contributed by atoms with Crippen LogP contribution in [0.25, 0.3) is 0 Å². The Bertz CT molecular complexity index is 1050. The summed E-state index contributed by atoms with van der Waals surface area (Å²) >= 11 is 0. The van der Waals surface area contributed by atoms with E-state index in [2.05, 4.69) is 71.4 Å². The lowest BCUT2D eigenvalue weighted by Crippen LogP contribution is -2.41. The lowest BCUT2D eigenvalue weighted by Gasteiger charge is -2.27. The fraction of sp³-hybridized carbons (Fsp3) is 0.345. The summed E-state index contributed by atoms with van der Waals surface area (Å²) in [5, 5.41) is 10.4. The maximum absolute atomic E-state index is 12.8. The summed E-state index contributed by atoms with van der Waals surface area (Å²) in [7, 11) is 1.68. The average molecular weight is 458 g/mol. The molecule has 1 fully saturated rings. The molecule has 0 spiro atoms. The van der Waals surface area contributed by atoms with E-state index in [0.717, 1.165) is 31.7 Å². The molecule has 0 aromatic heterocycles. The molecule has 0 bridgehead atoms. The molecule has 1 aliphatic rings. The summed E-state index contributed by atoms with van der Waals surface area (Å²) < 4.78 is 5.28. The van der Waals surface area contributed by atoms with Gasteiger partial charge in [0.1, 0.15) is 5.75 Å². The predicted octanol–water partition coefficient (Wildman–Crippen LogP) is 4.17. The van der Waals surface area contributed by atoms with Crippen LogP contribution >= 0.6 is 0 Å². The van der Waals surface area contributed by atoms with Crippen LogP contribution < -0.4 is 20.7 Å². The molecule has 4 rings (SSSR count). The van der Waals surface area contributed by atoms with Gasteiger partial charge in [-0.15, -0.1) is 0 Å². The Balaban J connectivity index is 1.38. The Kier molecular flexibility index (Phi) is 8.34. The number of rotatable bonds is 10. The third-order valence-corrected chi connectivity index (χ3v) is 6.72. The minimum Gasteiger partial charge on any atom is -0.497 e. The van der Waals surface area contributed by atoms with E-state index in [1.807, 2.05) is 30.3 Å². The first-order valence-electron chi connectivity index (χ1n) is 12.1. The molecule has 3 aromatic rings. The fourth-order valence-corrected chi connectivity index (χ4v) is 4.75. The van der Waals surface area contributed by atoms with Crippen molar-refractivity contribution >= 4 is 5.91 Å². The van der Waals surface area contributed by atoms with E-state index in [0.29, 0.717) is 12.5 Å². The zero-order valence-corrected chi connectivity index (χ0v) is 20.1. The summed E-state index contributed by atoms with van der Waals surface area (Å²) in [5.41, 5.74) is 5.02. The van der Waals surface area contributed by atoms with Crippen molar-refractivity contribution in [2.24, 2.45) is 5.92 Å². The van der Waals surface area contributed by atoms with Gasteiger partial charge < -0.3 is 20.7 Å². The summed E-state index contributed by atoms with van der Waals surface area (Å²) in [6.45, 7) is 4.38. The summed E-state index contributed by atoms with van der Waals surface area (Å²) in [6, 6.07) is 27.0. The van der Waals surface area contributed by atoms with Crippen molar-refractivity contribution in [3.8, 4) is 5.75 Å². The van der Waals surface area contributed by atoms with E-state index in [1.54, 1.807) is 7.11 Å². The van der Waals surface area contributed by atoms with E-state index in [-0.39, 0.29) is 18.0 Å². The highest BCUT2D eigenvalue weighted by Gasteiger charge is 2.35. The molecule has 1 aliphatic heterocycles. The monoisotopic (exact) mass is 457 g/mol. The topological polar surface area (TPSA) is 62.4 Å². The van der Waals surface area contributed by atoms with E-state index in [1.165, 1.54) is 22.3 Å². The minimum absolute atomic E-state index is 0.0946. The maximum Gasteiger partial charge on any atom is 0.237 e. The van der Waals surface area contributed by atoms with Crippen molar-refractivity contribution in [3.05, 3.63) is 101 Å². The van der Waals surface area contributed by atoms with Gasteiger partial charge in [0.05, 0.1) is 13.2 Å². The van der Waals surface area contributed by atoms with Gasteiger partial charge in [-0.05, 0) is 60.1 Å². The molecule has 5 nitrogen and oxygen atoms in total. The van der Waals surface area contributed by atoms with Crippen molar-refractivity contribution in [2.45, 2.75) is 38.4 Å². The molecule has 1 amide bonds. The van der Waals surface area contributed by atoms with Crippen LogP contribution in [0.1, 0.15) is 34.7 Å². The number of methoxy groups -OCH3 is 1. The Hall–Kier alpha value is -3.15. The molecule has 0 radical (unpaired) electrons. The number of ether oxygens (including phenoxy) is 1. The highest BCUT2D eigenvalue weighted by Crippen LogP contribution is 2.31. The van der Waals surface area contributed by atoms with Crippen LogP contribution in [0.15, 0.2) is 78.9 Å². The van der Waals surface area contributed by atoms with Gasteiger partial charge in [0.15, 0.2) is 0 Å². The molecule has 0 saturated carbocycles. The third-order valence-electron chi connectivity index (χ3n) is 6.72. The average Bonchev–Trinajstić information content (AvgIpc) is 3.36. The molecular weight excluding hydrogens is 422 g/mol. The summed E-state index contributed by atoms with van der Waals surface area (Å²) in [5.74, 6) is 1.28. The minimum atomic E-state index is -0.157. The molecule has 178 valence electrons. The van der Waals surface area contributed by atoms with Crippen molar-refractivity contribution in [1.29, 1.82) is 0 Å². The van der Waals surface area contributed by atoms with Crippen LogP contribution in [-0.2, 0) is 17.8 Å². The van der Waals surface area contributed by atoms with Gasteiger partial charge in [-0.2, -0.15) is 0 Å². The zero-order chi connectivity index (χ0) is 23.8. The second kappa shape index (κ2) is 11.8. The Morgan fingerprint density at radius 3 is 2.47 bits per heavy atom. The molecule has 3 atom stereocenters. The van der Waals surface area contributed by atoms with Crippen molar-refractivity contribution in [2.75, 3.05) is 20.2 Å². The molecular formula is C29H35N3O2. The van der Waals surface area contributed by atoms with Gasteiger partial charge in [-0.3, -0.25) is 4.79 Å². The first-order chi connectivity index (χ1) is 16.6. The molecule has 34 heavy (non-hydrogen) atoms. The molecule has 0 aliphatic carbocycles. The normalized spacial score (nSPS) is 18.4. The number of hydrogen-bond donors (Lipinski definition) is 3. The van der Waals surface area contributed by atoms with Gasteiger partial charge in [0.2, 0.25) is 5.91 Å². The Labute approximate surface area is 202 Å². The van der Waals surface area contributed by atoms with Crippen molar-refractivity contribution < 1.29 is 9.53 Å². The van der Waals surface area contributed by atoms with Crippen LogP contribution in [-0.4, -0.2) is 32.1 Å². The molecule has 1 heterocycles. The Morgan fingerprint density at radius 1 is 1.00 bits per heavy atom. The second-order valence-electron chi connectivity index (χ2n) is 9.05.